The highest BCUT2D eigenvalue weighted by molar-refractivity contribution is 5.85. The number of carbonyl (C=O) groups excluding carboxylic acids is 1. The Labute approximate surface area is 111 Å². The number of esters is 1. The average molecular weight is 294 g/mol. The Morgan fingerprint density at radius 2 is 1.95 bits per heavy atom. The van der Waals surface area contributed by atoms with Crippen molar-refractivity contribution >= 4 is 5.97 Å². The van der Waals surface area contributed by atoms with E-state index in [1.54, 1.807) is 0 Å². The SMILES string of the molecule is CCOC(=O)/C(F)=C\Cc1cc(F)cc(C(F)(F)F)c1. The van der Waals surface area contributed by atoms with Gasteiger partial charge in [-0.3, -0.25) is 0 Å². The van der Waals surface area contributed by atoms with Gasteiger partial charge in [0.2, 0.25) is 5.83 Å². The van der Waals surface area contributed by atoms with Gasteiger partial charge in [-0.15, -0.1) is 0 Å². The standard InChI is InChI=1S/C13H11F5O2/c1-2-20-12(19)11(15)4-3-8-5-9(13(16,17)18)7-10(14)6-8/h4-7H,2-3H2,1H3/b11-4+. The normalized spacial score (nSPS) is 12.4. The molecule has 0 spiro atoms. The fourth-order valence-corrected chi connectivity index (χ4v) is 1.42. The molecule has 110 valence electrons. The summed E-state index contributed by atoms with van der Waals surface area (Å²) < 4.78 is 67.9. The molecule has 0 unspecified atom stereocenters. The first-order chi connectivity index (χ1) is 9.24. The number of halogens is 5. The molecule has 0 N–H and O–H groups in total. The van der Waals surface area contributed by atoms with E-state index in [-0.39, 0.29) is 18.6 Å². The van der Waals surface area contributed by atoms with E-state index in [1.807, 2.05) is 0 Å². The summed E-state index contributed by atoms with van der Waals surface area (Å²) in [4.78, 5) is 10.9. The van der Waals surface area contributed by atoms with E-state index in [4.69, 9.17) is 0 Å². The van der Waals surface area contributed by atoms with Crippen molar-refractivity contribution in [2.24, 2.45) is 0 Å². The number of carbonyl (C=O) groups is 1. The molecule has 0 saturated heterocycles. The zero-order valence-electron chi connectivity index (χ0n) is 10.4. The summed E-state index contributed by atoms with van der Waals surface area (Å²) >= 11 is 0. The Kier molecular flexibility index (Phi) is 5.24. The largest absolute Gasteiger partial charge is 0.461 e. The maximum absolute atomic E-state index is 13.2. The quantitative estimate of drug-likeness (QED) is 0.479. The van der Waals surface area contributed by atoms with Crippen LogP contribution in [0.15, 0.2) is 30.1 Å². The van der Waals surface area contributed by atoms with Gasteiger partial charge in [-0.05, 0) is 43.2 Å². The Bertz CT molecular complexity index is 520. The zero-order valence-corrected chi connectivity index (χ0v) is 10.4. The lowest BCUT2D eigenvalue weighted by molar-refractivity contribution is -0.140. The van der Waals surface area contributed by atoms with Crippen LogP contribution in [0.2, 0.25) is 0 Å². The highest BCUT2D eigenvalue weighted by Gasteiger charge is 2.31. The summed E-state index contributed by atoms with van der Waals surface area (Å²) in [5, 5.41) is 0. The molecular formula is C13H11F5O2. The third-order valence-electron chi connectivity index (χ3n) is 2.27. The van der Waals surface area contributed by atoms with Crippen molar-refractivity contribution in [1.82, 2.24) is 0 Å². The fraction of sp³-hybridized carbons (Fsp3) is 0.308. The van der Waals surface area contributed by atoms with Crippen LogP contribution in [0, 0.1) is 5.82 Å². The first-order valence-electron chi connectivity index (χ1n) is 5.63. The summed E-state index contributed by atoms with van der Waals surface area (Å²) in [7, 11) is 0. The molecule has 0 bridgehead atoms. The summed E-state index contributed by atoms with van der Waals surface area (Å²) in [6.07, 6.45) is -4.31. The number of ether oxygens (including phenoxy) is 1. The van der Waals surface area contributed by atoms with Crippen molar-refractivity contribution in [2.45, 2.75) is 19.5 Å². The lowest BCUT2D eigenvalue weighted by atomic mass is 10.1. The van der Waals surface area contributed by atoms with Gasteiger partial charge >= 0.3 is 12.1 Å². The smallest absolute Gasteiger partial charge is 0.416 e. The molecule has 2 nitrogen and oxygen atoms in total. The zero-order chi connectivity index (χ0) is 15.3. The van der Waals surface area contributed by atoms with E-state index >= 15 is 0 Å². The molecular weight excluding hydrogens is 283 g/mol. The van der Waals surface area contributed by atoms with Gasteiger partial charge < -0.3 is 4.74 Å². The van der Waals surface area contributed by atoms with Gasteiger partial charge in [-0.2, -0.15) is 17.6 Å². The molecule has 0 fully saturated rings. The molecule has 0 aromatic heterocycles. The number of allylic oxidation sites excluding steroid dienone is 1. The first-order valence-corrected chi connectivity index (χ1v) is 5.63. The number of hydrogen-bond donors (Lipinski definition) is 0. The Hall–Kier alpha value is -1.92. The lowest BCUT2D eigenvalue weighted by Gasteiger charge is -2.08. The fourth-order valence-electron chi connectivity index (χ4n) is 1.42. The second-order valence-electron chi connectivity index (χ2n) is 3.82. The second-order valence-corrected chi connectivity index (χ2v) is 3.82. The van der Waals surface area contributed by atoms with E-state index in [2.05, 4.69) is 4.74 Å². The molecule has 0 atom stereocenters. The topological polar surface area (TPSA) is 26.3 Å². The van der Waals surface area contributed by atoms with E-state index in [0.29, 0.717) is 12.1 Å². The molecule has 0 radical (unpaired) electrons. The van der Waals surface area contributed by atoms with Gasteiger partial charge in [0.1, 0.15) is 5.82 Å². The maximum Gasteiger partial charge on any atom is 0.416 e. The van der Waals surface area contributed by atoms with Crippen LogP contribution in [0.1, 0.15) is 18.1 Å². The van der Waals surface area contributed by atoms with Crippen LogP contribution in [0.25, 0.3) is 0 Å². The average Bonchev–Trinajstić information content (AvgIpc) is 2.34. The van der Waals surface area contributed by atoms with E-state index in [1.165, 1.54) is 6.92 Å². The van der Waals surface area contributed by atoms with Crippen LogP contribution >= 0.6 is 0 Å². The highest BCUT2D eigenvalue weighted by atomic mass is 19.4. The maximum atomic E-state index is 13.2. The molecule has 20 heavy (non-hydrogen) atoms. The minimum atomic E-state index is -4.69. The molecule has 0 aliphatic heterocycles. The van der Waals surface area contributed by atoms with Crippen LogP contribution < -0.4 is 0 Å². The predicted octanol–water partition coefficient (Wildman–Crippen LogP) is 3.80. The van der Waals surface area contributed by atoms with E-state index in [0.717, 1.165) is 12.1 Å². The van der Waals surface area contributed by atoms with Crippen LogP contribution in [-0.4, -0.2) is 12.6 Å². The number of benzene rings is 1. The lowest BCUT2D eigenvalue weighted by Crippen LogP contribution is -2.07. The van der Waals surface area contributed by atoms with E-state index < -0.39 is 29.4 Å². The molecule has 1 rings (SSSR count). The van der Waals surface area contributed by atoms with Crippen molar-refractivity contribution in [3.63, 3.8) is 0 Å². The number of rotatable bonds is 4. The minimum absolute atomic E-state index is 0.0295. The monoisotopic (exact) mass is 294 g/mol. The van der Waals surface area contributed by atoms with Gasteiger partial charge in [-0.25, -0.2) is 9.18 Å². The van der Waals surface area contributed by atoms with Crippen molar-refractivity contribution in [3.05, 3.63) is 47.0 Å². The molecule has 1 aromatic rings. The van der Waals surface area contributed by atoms with Gasteiger partial charge in [0.05, 0.1) is 12.2 Å². The van der Waals surface area contributed by atoms with Crippen LogP contribution in [0.5, 0.6) is 0 Å². The molecule has 7 heteroatoms. The summed E-state index contributed by atoms with van der Waals surface area (Å²) in [6.45, 7) is 1.45. The Morgan fingerprint density at radius 1 is 1.30 bits per heavy atom. The van der Waals surface area contributed by atoms with Crippen LogP contribution in [-0.2, 0) is 22.1 Å². The predicted molar refractivity (Wildman–Crippen MR) is 60.9 cm³/mol. The van der Waals surface area contributed by atoms with Gasteiger partial charge in [-0.1, -0.05) is 0 Å². The van der Waals surface area contributed by atoms with Crippen LogP contribution in [0.3, 0.4) is 0 Å². The van der Waals surface area contributed by atoms with Gasteiger partial charge in [0.15, 0.2) is 0 Å². The summed E-state index contributed by atoms with van der Waals surface area (Å²) in [5.74, 6) is -3.52. The number of hydrogen-bond acceptors (Lipinski definition) is 2. The summed E-state index contributed by atoms with van der Waals surface area (Å²) in [6, 6.07) is 1.87. The van der Waals surface area contributed by atoms with Gasteiger partial charge in [0, 0.05) is 0 Å². The van der Waals surface area contributed by atoms with Crippen molar-refractivity contribution < 1.29 is 31.5 Å². The summed E-state index contributed by atoms with van der Waals surface area (Å²) in [5.41, 5.74) is -1.27. The molecule has 0 amide bonds. The van der Waals surface area contributed by atoms with Gasteiger partial charge in [0.25, 0.3) is 0 Å². The van der Waals surface area contributed by atoms with Crippen LogP contribution in [0.4, 0.5) is 22.0 Å². The molecule has 0 aliphatic rings. The Morgan fingerprint density at radius 3 is 2.50 bits per heavy atom. The molecule has 0 saturated carbocycles. The third kappa shape index (κ3) is 4.64. The molecule has 0 aliphatic carbocycles. The highest BCUT2D eigenvalue weighted by Crippen LogP contribution is 2.30. The van der Waals surface area contributed by atoms with Crippen molar-refractivity contribution in [2.75, 3.05) is 6.61 Å². The first kappa shape index (κ1) is 16.1. The van der Waals surface area contributed by atoms with Crippen molar-refractivity contribution in [3.8, 4) is 0 Å². The molecule has 0 heterocycles. The third-order valence-corrected chi connectivity index (χ3v) is 2.27. The molecule has 1 aromatic carbocycles. The van der Waals surface area contributed by atoms with E-state index in [9.17, 15) is 26.7 Å². The number of alkyl halides is 3. The minimum Gasteiger partial charge on any atom is -0.461 e. The Balaban J connectivity index is 2.91. The second kappa shape index (κ2) is 6.49. The van der Waals surface area contributed by atoms with Crippen molar-refractivity contribution in [1.29, 1.82) is 0 Å².